The molecule has 0 bridgehead atoms. The number of rotatable bonds is 13. The molecule has 0 aliphatic carbocycles. The van der Waals surface area contributed by atoms with Gasteiger partial charge < -0.3 is 26.8 Å². The molecule has 20 heavy (non-hydrogen) atoms. The van der Waals surface area contributed by atoms with Crippen molar-refractivity contribution in [2.75, 3.05) is 39.3 Å². The maximum absolute atomic E-state index is 11.2. The normalized spacial score (nSPS) is 12.1. The van der Waals surface area contributed by atoms with E-state index in [0.29, 0.717) is 32.1 Å². The molecular formula is C12H29N6O2-. The second kappa shape index (κ2) is 12.9. The van der Waals surface area contributed by atoms with E-state index in [1.54, 1.807) is 0 Å². The molecule has 8 heteroatoms. The van der Waals surface area contributed by atoms with Crippen LogP contribution in [0.5, 0.6) is 0 Å². The monoisotopic (exact) mass is 289 g/mol. The molecule has 0 aliphatic rings. The van der Waals surface area contributed by atoms with E-state index in [-0.39, 0.29) is 4.97 Å². The van der Waals surface area contributed by atoms with Gasteiger partial charge in [0.25, 0.3) is 0 Å². The van der Waals surface area contributed by atoms with Crippen molar-refractivity contribution in [3.05, 3.63) is 10.4 Å². The molecule has 0 aromatic carbocycles. The summed E-state index contributed by atoms with van der Waals surface area (Å²) < 4.78 is 0. The van der Waals surface area contributed by atoms with Gasteiger partial charge in [-0.05, 0) is 50.7 Å². The van der Waals surface area contributed by atoms with Crippen molar-refractivity contribution in [2.45, 2.75) is 39.2 Å². The predicted octanol–water partition coefficient (Wildman–Crippen LogP) is 0.380. The van der Waals surface area contributed by atoms with Crippen molar-refractivity contribution in [3.8, 4) is 0 Å². The van der Waals surface area contributed by atoms with Gasteiger partial charge in [0.05, 0.1) is 13.1 Å². The van der Waals surface area contributed by atoms with Crippen molar-refractivity contribution in [1.29, 1.82) is 0 Å². The van der Waals surface area contributed by atoms with Crippen LogP contribution < -0.4 is 16.4 Å². The molecule has 4 N–H and O–H groups in total. The number of nitrogens with zero attached hydrogens (tertiary/aromatic N) is 3. The van der Waals surface area contributed by atoms with Crippen molar-refractivity contribution in [1.82, 2.24) is 15.6 Å². The fourth-order valence-corrected chi connectivity index (χ4v) is 1.72. The summed E-state index contributed by atoms with van der Waals surface area (Å²) in [5.41, 5.74) is 5.39. The van der Waals surface area contributed by atoms with Crippen LogP contribution in [0.2, 0.25) is 0 Å². The summed E-state index contributed by atoms with van der Waals surface area (Å²) in [5, 5.41) is 31.8. The maximum atomic E-state index is 11.2. The molecule has 0 rings (SSSR count). The van der Waals surface area contributed by atoms with Crippen LogP contribution in [0.25, 0.3) is 0 Å². The zero-order chi connectivity index (χ0) is 15.2. The van der Waals surface area contributed by atoms with E-state index in [1.807, 2.05) is 0 Å². The highest BCUT2D eigenvalue weighted by Crippen LogP contribution is 1.95. The van der Waals surface area contributed by atoms with Crippen LogP contribution in [-0.2, 0) is 0 Å². The fraction of sp³-hybridized carbons (Fsp3) is 1.00. The molecule has 0 heterocycles. The Morgan fingerprint density at radius 1 is 1.15 bits per heavy atom. The van der Waals surface area contributed by atoms with Crippen LogP contribution in [0, 0.1) is 10.4 Å². The lowest BCUT2D eigenvalue weighted by Crippen LogP contribution is -2.35. The van der Waals surface area contributed by atoms with Crippen molar-refractivity contribution in [2.24, 2.45) is 11.0 Å². The topological polar surface area (TPSA) is 115 Å². The molecular weight excluding hydrogens is 260 g/mol. The van der Waals surface area contributed by atoms with Gasteiger partial charge in [0, 0.05) is 11.0 Å². The average Bonchev–Trinajstić information content (AvgIpc) is 2.43. The minimum Gasteiger partial charge on any atom is -0.737 e. The average molecular weight is 289 g/mol. The van der Waals surface area contributed by atoms with Gasteiger partial charge in [-0.2, -0.15) is 0 Å². The third kappa shape index (κ3) is 10.8. The molecule has 0 aromatic rings. The van der Waals surface area contributed by atoms with Gasteiger partial charge in [-0.1, -0.05) is 13.8 Å². The van der Waals surface area contributed by atoms with Gasteiger partial charge in [0.15, 0.2) is 0 Å². The van der Waals surface area contributed by atoms with E-state index in [1.165, 1.54) is 5.01 Å². The molecule has 0 atom stereocenters. The zero-order valence-corrected chi connectivity index (χ0v) is 12.7. The molecule has 120 valence electrons. The highest BCUT2D eigenvalue weighted by atomic mass is 16.6. The summed E-state index contributed by atoms with van der Waals surface area (Å²) in [7, 11) is 0. The Labute approximate surface area is 121 Å². The molecule has 0 unspecified atom stereocenters. The Hall–Kier alpha value is -1.12. The number of hydrogen-bond donors (Lipinski definition) is 3. The second-order valence-electron chi connectivity index (χ2n) is 5.00. The highest BCUT2D eigenvalue weighted by Gasteiger charge is 2.09. The molecule has 0 saturated heterocycles. The first-order chi connectivity index (χ1) is 9.61. The Kier molecular flexibility index (Phi) is 12.2. The zero-order valence-electron chi connectivity index (χ0n) is 12.7. The molecule has 0 spiro atoms. The van der Waals surface area contributed by atoms with Crippen molar-refractivity contribution >= 4 is 0 Å². The van der Waals surface area contributed by atoms with E-state index in [0.717, 1.165) is 32.5 Å². The number of hydrazine groups is 1. The molecule has 0 radical (unpaired) electrons. The molecule has 8 nitrogen and oxygen atoms in total. The molecule has 0 fully saturated rings. The van der Waals surface area contributed by atoms with Gasteiger partial charge in [-0.3, -0.25) is 0 Å². The smallest absolute Gasteiger partial charge is 0.0780 e. The lowest BCUT2D eigenvalue weighted by molar-refractivity contribution is -0.690. The maximum Gasteiger partial charge on any atom is 0.0780 e. The largest absolute Gasteiger partial charge is 0.737 e. The number of nitrogens with two attached hydrogens (primary N) is 1. The first-order valence-corrected chi connectivity index (χ1v) is 7.31. The summed E-state index contributed by atoms with van der Waals surface area (Å²) in [6.45, 7) is 8.46. The Bertz CT molecular complexity index is 250. The lowest BCUT2D eigenvalue weighted by atomic mass is 10.3. The summed E-state index contributed by atoms with van der Waals surface area (Å²) in [4.78, 5) is 0.113. The van der Waals surface area contributed by atoms with Crippen LogP contribution in [0.1, 0.15) is 33.1 Å². The van der Waals surface area contributed by atoms with Gasteiger partial charge in [-0.15, -0.1) is 5.01 Å². The van der Waals surface area contributed by atoms with E-state index < -0.39 is 0 Å². The van der Waals surface area contributed by atoms with Crippen molar-refractivity contribution < 1.29 is 4.97 Å². The first kappa shape index (κ1) is 18.9. The van der Waals surface area contributed by atoms with Crippen LogP contribution in [0.4, 0.5) is 0 Å². The van der Waals surface area contributed by atoms with E-state index in [2.05, 4.69) is 29.8 Å². The van der Waals surface area contributed by atoms with Crippen LogP contribution in [-0.4, -0.2) is 55.3 Å². The molecule has 0 amide bonds. The fourth-order valence-electron chi connectivity index (χ4n) is 1.72. The summed E-state index contributed by atoms with van der Waals surface area (Å²) in [5.74, 6) is 0. The molecule has 0 aromatic heterocycles. The van der Waals surface area contributed by atoms with Crippen LogP contribution in [0.15, 0.2) is 5.28 Å². The third-order valence-electron chi connectivity index (χ3n) is 2.78. The first-order valence-electron chi connectivity index (χ1n) is 7.31. The van der Waals surface area contributed by atoms with E-state index in [4.69, 9.17) is 5.73 Å². The lowest BCUT2D eigenvalue weighted by Gasteiger charge is -2.19. The SMILES string of the molecule is CC(C)NCCCNCCCN(CCCN)/[N+]([O-])=N/[O-]. The van der Waals surface area contributed by atoms with E-state index >= 15 is 0 Å². The van der Waals surface area contributed by atoms with E-state index in [9.17, 15) is 10.4 Å². The van der Waals surface area contributed by atoms with Gasteiger partial charge in [0.2, 0.25) is 0 Å². The van der Waals surface area contributed by atoms with Crippen molar-refractivity contribution in [3.63, 3.8) is 0 Å². The summed E-state index contributed by atoms with van der Waals surface area (Å²) in [6, 6.07) is 0.519. The van der Waals surface area contributed by atoms with Crippen LogP contribution in [0.3, 0.4) is 0 Å². The Balaban J connectivity index is 3.58. The summed E-state index contributed by atoms with van der Waals surface area (Å²) in [6.07, 6.45) is 2.53. The second-order valence-corrected chi connectivity index (χ2v) is 5.00. The minimum atomic E-state index is 0.113. The number of nitrogens with one attached hydrogen (secondary N) is 2. The van der Waals surface area contributed by atoms with Gasteiger partial charge >= 0.3 is 0 Å². The third-order valence-corrected chi connectivity index (χ3v) is 2.78. The Morgan fingerprint density at radius 2 is 1.80 bits per heavy atom. The Morgan fingerprint density at radius 3 is 2.40 bits per heavy atom. The minimum absolute atomic E-state index is 0.113. The molecule has 0 saturated carbocycles. The standard InChI is InChI=1S/C12H30N6O2/c1-12(2)15-9-4-7-14-8-5-11-17(10-3-6-13)18(20)16-19/h12,14-15,19H,3-11,13H2,1-2H3/p-1/b18-16-. The number of hydrogen-bond acceptors (Lipinski definition) is 6. The van der Waals surface area contributed by atoms with Crippen LogP contribution >= 0.6 is 0 Å². The molecule has 0 aliphatic heterocycles. The van der Waals surface area contributed by atoms with Gasteiger partial charge in [0.1, 0.15) is 0 Å². The predicted molar refractivity (Wildman–Crippen MR) is 79.9 cm³/mol. The summed E-state index contributed by atoms with van der Waals surface area (Å²) >= 11 is 0. The quantitative estimate of drug-likeness (QED) is 0.195. The highest BCUT2D eigenvalue weighted by molar-refractivity contribution is 4.56. The van der Waals surface area contributed by atoms with Gasteiger partial charge in [-0.25, -0.2) is 0 Å².